The average molecular weight is 303 g/mol. The predicted molar refractivity (Wildman–Crippen MR) is 81.1 cm³/mol. The maximum absolute atomic E-state index is 12.1. The molecular weight excluding hydrogens is 282 g/mol. The van der Waals surface area contributed by atoms with Crippen LogP contribution in [-0.2, 0) is 9.53 Å². The van der Waals surface area contributed by atoms with Gasteiger partial charge in [0, 0.05) is 31.2 Å². The third kappa shape index (κ3) is 2.54. The zero-order chi connectivity index (χ0) is 15.0. The van der Waals surface area contributed by atoms with Crippen molar-refractivity contribution in [3.05, 3.63) is 18.2 Å². The summed E-state index contributed by atoms with van der Waals surface area (Å²) < 4.78 is 17.5. The van der Waals surface area contributed by atoms with Gasteiger partial charge in [0.05, 0.1) is 0 Å². The Kier molecular flexibility index (Phi) is 3.45. The van der Waals surface area contributed by atoms with E-state index in [1.807, 2.05) is 18.2 Å². The second kappa shape index (κ2) is 5.47. The Morgan fingerprint density at radius 1 is 1.09 bits per heavy atom. The summed E-state index contributed by atoms with van der Waals surface area (Å²) in [5.41, 5.74) is 0.732. The Bertz CT molecular complexity index is 574. The molecule has 2 aliphatic heterocycles. The van der Waals surface area contributed by atoms with E-state index in [2.05, 4.69) is 5.32 Å². The Morgan fingerprint density at radius 2 is 1.91 bits per heavy atom. The lowest BCUT2D eigenvalue weighted by Crippen LogP contribution is -2.40. The Hall–Kier alpha value is -1.75. The van der Waals surface area contributed by atoms with Crippen LogP contribution in [0.5, 0.6) is 11.5 Å². The number of hydrogen-bond acceptors (Lipinski definition) is 4. The molecule has 0 bridgehead atoms. The van der Waals surface area contributed by atoms with Gasteiger partial charge in [0.1, 0.15) is 6.10 Å². The number of carbonyl (C=O) groups is 1. The Labute approximate surface area is 129 Å². The summed E-state index contributed by atoms with van der Waals surface area (Å²) in [6.45, 7) is 0.668. The molecule has 1 aromatic carbocycles. The molecule has 0 aromatic heterocycles. The van der Waals surface area contributed by atoms with Crippen molar-refractivity contribution in [3.63, 3.8) is 0 Å². The second-order valence-electron chi connectivity index (χ2n) is 6.33. The summed E-state index contributed by atoms with van der Waals surface area (Å²) in [5.74, 6) is 0.949. The van der Waals surface area contributed by atoms with Crippen molar-refractivity contribution < 1.29 is 19.0 Å². The third-order valence-electron chi connectivity index (χ3n) is 4.64. The van der Waals surface area contributed by atoms with Crippen molar-refractivity contribution in [2.75, 3.05) is 11.9 Å². The molecule has 5 heteroatoms. The van der Waals surface area contributed by atoms with Crippen molar-refractivity contribution >= 4 is 11.6 Å². The van der Waals surface area contributed by atoms with Crippen molar-refractivity contribution in [3.8, 4) is 11.5 Å². The number of ether oxygens (including phenoxy) is 3. The molecule has 2 heterocycles. The summed E-state index contributed by atoms with van der Waals surface area (Å²) >= 11 is 0. The van der Waals surface area contributed by atoms with Crippen LogP contribution in [0.1, 0.15) is 44.9 Å². The van der Waals surface area contributed by atoms with Crippen LogP contribution in [0.2, 0.25) is 0 Å². The minimum Gasteiger partial charge on any atom is -0.448 e. The number of anilines is 1. The number of nitrogens with one attached hydrogen (secondary N) is 1. The summed E-state index contributed by atoms with van der Waals surface area (Å²) in [6.07, 6.45) is 6.79. The molecule has 1 amide bonds. The van der Waals surface area contributed by atoms with Gasteiger partial charge in [0.2, 0.25) is 0 Å². The van der Waals surface area contributed by atoms with Gasteiger partial charge in [-0.25, -0.2) is 0 Å². The van der Waals surface area contributed by atoms with E-state index in [0.29, 0.717) is 6.61 Å². The molecule has 0 unspecified atom stereocenters. The van der Waals surface area contributed by atoms with Crippen LogP contribution >= 0.6 is 0 Å². The van der Waals surface area contributed by atoms with Crippen molar-refractivity contribution in [1.29, 1.82) is 0 Å². The molecule has 0 radical (unpaired) electrons. The topological polar surface area (TPSA) is 56.8 Å². The summed E-state index contributed by atoms with van der Waals surface area (Å²) in [6, 6.07) is 5.59. The first-order chi connectivity index (χ1) is 10.7. The maximum Gasteiger partial charge on any atom is 0.253 e. The van der Waals surface area contributed by atoms with E-state index in [-0.39, 0.29) is 12.0 Å². The Balaban J connectivity index is 1.47. The molecule has 3 aliphatic rings. The van der Waals surface area contributed by atoms with Gasteiger partial charge in [-0.2, -0.15) is 0 Å². The van der Waals surface area contributed by atoms with E-state index in [1.165, 1.54) is 6.42 Å². The van der Waals surface area contributed by atoms with E-state index < -0.39 is 5.79 Å². The lowest BCUT2D eigenvalue weighted by atomic mass is 9.94. The van der Waals surface area contributed by atoms with Crippen LogP contribution in [0.15, 0.2) is 18.2 Å². The quantitative estimate of drug-likeness (QED) is 0.911. The molecule has 1 saturated heterocycles. The fourth-order valence-corrected chi connectivity index (χ4v) is 3.47. The summed E-state index contributed by atoms with van der Waals surface area (Å²) in [7, 11) is 0. The van der Waals surface area contributed by atoms with Gasteiger partial charge in [0.15, 0.2) is 11.5 Å². The average Bonchev–Trinajstić information content (AvgIpc) is 3.15. The molecule has 1 N–H and O–H groups in total. The van der Waals surface area contributed by atoms with Crippen molar-refractivity contribution in [2.24, 2.45) is 0 Å². The first-order valence-electron chi connectivity index (χ1n) is 8.19. The highest BCUT2D eigenvalue weighted by atomic mass is 16.7. The van der Waals surface area contributed by atoms with E-state index in [0.717, 1.165) is 55.7 Å². The largest absolute Gasteiger partial charge is 0.448 e. The highest BCUT2D eigenvalue weighted by molar-refractivity contribution is 5.94. The summed E-state index contributed by atoms with van der Waals surface area (Å²) in [5, 5.41) is 2.91. The molecule has 4 rings (SSSR count). The lowest BCUT2D eigenvalue weighted by molar-refractivity contribution is -0.124. The zero-order valence-corrected chi connectivity index (χ0v) is 12.6. The molecule has 5 nitrogen and oxygen atoms in total. The van der Waals surface area contributed by atoms with Crippen LogP contribution in [-0.4, -0.2) is 24.4 Å². The van der Waals surface area contributed by atoms with Crippen LogP contribution in [0.4, 0.5) is 5.69 Å². The lowest BCUT2D eigenvalue weighted by Gasteiger charge is -2.31. The first-order valence-corrected chi connectivity index (χ1v) is 8.19. The van der Waals surface area contributed by atoms with Gasteiger partial charge in [-0.3, -0.25) is 4.79 Å². The summed E-state index contributed by atoms with van der Waals surface area (Å²) in [4.78, 5) is 12.1. The highest BCUT2D eigenvalue weighted by Gasteiger charge is 2.42. The van der Waals surface area contributed by atoms with Crippen LogP contribution < -0.4 is 14.8 Å². The van der Waals surface area contributed by atoms with Crippen molar-refractivity contribution in [2.45, 2.75) is 56.8 Å². The van der Waals surface area contributed by atoms with E-state index in [9.17, 15) is 4.79 Å². The van der Waals surface area contributed by atoms with Gasteiger partial charge < -0.3 is 19.5 Å². The minimum atomic E-state index is -0.474. The van der Waals surface area contributed by atoms with Gasteiger partial charge in [-0.1, -0.05) is 6.42 Å². The van der Waals surface area contributed by atoms with E-state index >= 15 is 0 Å². The van der Waals surface area contributed by atoms with Crippen LogP contribution in [0, 0.1) is 0 Å². The van der Waals surface area contributed by atoms with Gasteiger partial charge >= 0.3 is 0 Å². The fraction of sp³-hybridized carbons (Fsp3) is 0.588. The van der Waals surface area contributed by atoms with Crippen LogP contribution in [0.3, 0.4) is 0 Å². The molecule has 1 atom stereocenters. The monoisotopic (exact) mass is 303 g/mol. The van der Waals surface area contributed by atoms with Gasteiger partial charge in [0.25, 0.3) is 11.7 Å². The fourth-order valence-electron chi connectivity index (χ4n) is 3.47. The molecule has 1 spiro atoms. The zero-order valence-electron chi connectivity index (χ0n) is 12.6. The second-order valence-corrected chi connectivity index (χ2v) is 6.33. The number of rotatable bonds is 2. The third-order valence-corrected chi connectivity index (χ3v) is 4.64. The van der Waals surface area contributed by atoms with E-state index in [1.54, 1.807) is 0 Å². The Morgan fingerprint density at radius 3 is 2.68 bits per heavy atom. The number of amides is 1. The number of carbonyl (C=O) groups excluding carboxylic acids is 1. The molecule has 1 aliphatic carbocycles. The molecule has 1 saturated carbocycles. The number of benzene rings is 1. The molecule has 1 aromatic rings. The standard InChI is InChI=1S/C17H21NO4/c19-16(14-5-4-10-20-14)18-12-6-7-13-15(11-12)22-17(21-13)8-2-1-3-9-17/h6-7,11,14H,1-5,8-10H2,(H,18,19)/t14-/m1/s1. The number of hydrogen-bond donors (Lipinski definition) is 1. The van der Waals surface area contributed by atoms with Gasteiger partial charge in [-0.15, -0.1) is 0 Å². The van der Waals surface area contributed by atoms with E-state index in [4.69, 9.17) is 14.2 Å². The number of fused-ring (bicyclic) bond motifs is 1. The minimum absolute atomic E-state index is 0.0799. The molecule has 2 fully saturated rings. The normalized spacial score (nSPS) is 25.4. The van der Waals surface area contributed by atoms with Crippen LogP contribution in [0.25, 0.3) is 0 Å². The first kappa shape index (κ1) is 13.9. The smallest absolute Gasteiger partial charge is 0.253 e. The maximum atomic E-state index is 12.1. The van der Waals surface area contributed by atoms with Gasteiger partial charge in [-0.05, 0) is 37.8 Å². The predicted octanol–water partition coefficient (Wildman–Crippen LogP) is 3.24. The molecular formula is C17H21NO4. The highest BCUT2D eigenvalue weighted by Crippen LogP contribution is 2.46. The molecule has 118 valence electrons. The SMILES string of the molecule is O=C(Nc1ccc2c(c1)OC1(CCCCC1)O2)[C@H]1CCCO1. The van der Waals surface area contributed by atoms with Crippen molar-refractivity contribution in [1.82, 2.24) is 0 Å². The molecule has 22 heavy (non-hydrogen) atoms.